The Kier molecular flexibility index (Phi) is 3.89. The van der Waals surface area contributed by atoms with Crippen molar-refractivity contribution in [2.24, 2.45) is 7.05 Å². The zero-order valence-electron chi connectivity index (χ0n) is 11.7. The molecule has 0 fully saturated rings. The predicted octanol–water partition coefficient (Wildman–Crippen LogP) is 1.80. The van der Waals surface area contributed by atoms with Crippen LogP contribution >= 0.6 is 0 Å². The third-order valence-electron chi connectivity index (χ3n) is 2.99. The number of anilines is 1. The predicted molar refractivity (Wildman–Crippen MR) is 76.8 cm³/mol. The summed E-state index contributed by atoms with van der Waals surface area (Å²) in [6.07, 6.45) is 2.01. The summed E-state index contributed by atoms with van der Waals surface area (Å²) in [5, 5.41) is 17.5. The molecule has 2 N–H and O–H groups in total. The quantitative estimate of drug-likeness (QED) is 0.655. The van der Waals surface area contributed by atoms with Crippen molar-refractivity contribution in [2.75, 3.05) is 11.9 Å². The van der Waals surface area contributed by atoms with Crippen LogP contribution in [-0.4, -0.2) is 32.4 Å². The number of aryl methyl sites for hydroxylation is 2. The van der Waals surface area contributed by atoms with Gasteiger partial charge in [-0.15, -0.1) is 11.8 Å². The number of pyridine rings is 1. The van der Waals surface area contributed by atoms with E-state index in [0.29, 0.717) is 24.3 Å². The largest absolute Gasteiger partial charge is 0.478 e. The van der Waals surface area contributed by atoms with Crippen LogP contribution in [0.5, 0.6) is 0 Å². The highest BCUT2D eigenvalue weighted by Crippen LogP contribution is 2.28. The van der Waals surface area contributed by atoms with Gasteiger partial charge in [0.05, 0.1) is 16.8 Å². The van der Waals surface area contributed by atoms with Gasteiger partial charge in [0.2, 0.25) is 0 Å². The normalized spacial score (nSPS) is 10.2. The van der Waals surface area contributed by atoms with Gasteiger partial charge in [0.25, 0.3) is 0 Å². The molecule has 0 aliphatic carbocycles. The van der Waals surface area contributed by atoms with Crippen LogP contribution in [0.4, 0.5) is 5.69 Å². The second-order valence-electron chi connectivity index (χ2n) is 4.36. The van der Waals surface area contributed by atoms with E-state index in [1.54, 1.807) is 18.7 Å². The summed E-state index contributed by atoms with van der Waals surface area (Å²) in [7, 11) is 1.79. The lowest BCUT2D eigenvalue weighted by molar-refractivity contribution is 0.0697. The number of carbonyl (C=O) groups is 1. The molecule has 0 aromatic carbocycles. The molecular weight excluding hydrogens is 256 g/mol. The minimum Gasteiger partial charge on any atom is -0.478 e. The fraction of sp³-hybridized carbons (Fsp3) is 0.357. The van der Waals surface area contributed by atoms with Crippen molar-refractivity contribution in [1.29, 1.82) is 0 Å². The lowest BCUT2D eigenvalue weighted by atomic mass is 10.1. The van der Waals surface area contributed by atoms with Crippen molar-refractivity contribution >= 4 is 22.7 Å². The highest BCUT2D eigenvalue weighted by molar-refractivity contribution is 6.04. The first-order valence-electron chi connectivity index (χ1n) is 6.25. The van der Waals surface area contributed by atoms with Crippen LogP contribution in [0.2, 0.25) is 0 Å². The van der Waals surface area contributed by atoms with Crippen molar-refractivity contribution in [3.05, 3.63) is 17.5 Å². The van der Waals surface area contributed by atoms with Crippen LogP contribution in [-0.2, 0) is 7.05 Å². The Morgan fingerprint density at radius 1 is 1.55 bits per heavy atom. The Hall–Kier alpha value is -2.55. The number of hydrogen-bond donors (Lipinski definition) is 2. The summed E-state index contributed by atoms with van der Waals surface area (Å²) in [6, 6.07) is 0. The second-order valence-corrected chi connectivity index (χ2v) is 4.36. The Labute approximate surface area is 116 Å². The molecule has 0 atom stereocenters. The van der Waals surface area contributed by atoms with E-state index in [2.05, 4.69) is 27.2 Å². The zero-order valence-corrected chi connectivity index (χ0v) is 11.7. The maximum Gasteiger partial charge on any atom is 0.339 e. The lowest BCUT2D eigenvalue weighted by Gasteiger charge is -2.10. The first-order valence-corrected chi connectivity index (χ1v) is 6.25. The minimum absolute atomic E-state index is 0.151. The van der Waals surface area contributed by atoms with Gasteiger partial charge in [0.1, 0.15) is 5.56 Å². The number of rotatable bonds is 4. The Bertz CT molecular complexity index is 722. The van der Waals surface area contributed by atoms with Gasteiger partial charge in [-0.25, -0.2) is 9.78 Å². The molecule has 0 aliphatic heterocycles. The molecule has 2 aromatic rings. The Morgan fingerprint density at radius 2 is 2.30 bits per heavy atom. The molecule has 0 amide bonds. The highest BCUT2D eigenvalue weighted by atomic mass is 16.4. The van der Waals surface area contributed by atoms with E-state index in [1.165, 1.54) is 6.20 Å². The topological polar surface area (TPSA) is 80.0 Å². The summed E-state index contributed by atoms with van der Waals surface area (Å²) < 4.78 is 1.65. The van der Waals surface area contributed by atoms with E-state index in [1.807, 2.05) is 6.92 Å². The first kappa shape index (κ1) is 13.9. The Balaban J connectivity index is 2.52. The number of aromatic nitrogens is 3. The minimum atomic E-state index is -1.01. The van der Waals surface area contributed by atoms with Crippen LogP contribution < -0.4 is 5.32 Å². The summed E-state index contributed by atoms with van der Waals surface area (Å²) in [5.41, 5.74) is 2.13. The fourth-order valence-corrected chi connectivity index (χ4v) is 2.13. The van der Waals surface area contributed by atoms with E-state index in [9.17, 15) is 9.90 Å². The summed E-state index contributed by atoms with van der Waals surface area (Å²) in [4.78, 5) is 15.5. The van der Waals surface area contributed by atoms with Crippen molar-refractivity contribution in [1.82, 2.24) is 14.8 Å². The molecule has 0 radical (unpaired) electrons. The number of carboxylic acid groups (broad SMARTS) is 1. The smallest absolute Gasteiger partial charge is 0.339 e. The van der Waals surface area contributed by atoms with Gasteiger partial charge >= 0.3 is 5.97 Å². The summed E-state index contributed by atoms with van der Waals surface area (Å²) >= 11 is 0. The number of nitrogens with zero attached hydrogens (tertiary/aromatic N) is 3. The number of hydrogen-bond acceptors (Lipinski definition) is 4. The first-order chi connectivity index (χ1) is 9.56. The Morgan fingerprint density at radius 3 is 2.95 bits per heavy atom. The van der Waals surface area contributed by atoms with Gasteiger partial charge in [0, 0.05) is 26.2 Å². The van der Waals surface area contributed by atoms with Crippen molar-refractivity contribution < 1.29 is 9.90 Å². The third-order valence-corrected chi connectivity index (χ3v) is 2.99. The average molecular weight is 272 g/mol. The van der Waals surface area contributed by atoms with Gasteiger partial charge in [-0.3, -0.25) is 4.68 Å². The molecule has 20 heavy (non-hydrogen) atoms. The fourth-order valence-electron chi connectivity index (χ4n) is 2.13. The van der Waals surface area contributed by atoms with Crippen LogP contribution in [0.15, 0.2) is 6.20 Å². The molecule has 104 valence electrons. The van der Waals surface area contributed by atoms with Crippen LogP contribution in [0.1, 0.15) is 29.4 Å². The molecule has 0 saturated carbocycles. The number of fused-ring (bicyclic) bond motifs is 1. The van der Waals surface area contributed by atoms with E-state index < -0.39 is 5.97 Å². The number of carboxylic acids is 1. The number of aromatic carboxylic acids is 1. The monoisotopic (exact) mass is 272 g/mol. The molecule has 0 unspecified atom stereocenters. The molecule has 2 rings (SSSR count). The maximum absolute atomic E-state index is 11.3. The summed E-state index contributed by atoms with van der Waals surface area (Å²) in [6.45, 7) is 4.19. The average Bonchev–Trinajstić information content (AvgIpc) is 2.70. The van der Waals surface area contributed by atoms with Crippen LogP contribution in [0.25, 0.3) is 11.0 Å². The molecule has 6 heteroatoms. The van der Waals surface area contributed by atoms with Gasteiger partial charge in [-0.05, 0) is 13.8 Å². The van der Waals surface area contributed by atoms with Gasteiger partial charge in [-0.1, -0.05) is 0 Å². The van der Waals surface area contributed by atoms with E-state index >= 15 is 0 Å². The molecular formula is C14H16N4O2. The van der Waals surface area contributed by atoms with Gasteiger partial charge in [0.15, 0.2) is 5.65 Å². The molecule has 0 spiro atoms. The zero-order chi connectivity index (χ0) is 14.7. The molecule has 2 aromatic heterocycles. The molecule has 0 saturated heterocycles. The molecule has 0 bridgehead atoms. The standard InChI is InChI=1S/C14H16N4O2/c1-4-5-6-7-15-12-10(14(19)20)8-16-13-11(12)9(2)17-18(13)3/h8H,6-7H2,1-3H3,(H,15,16)(H,19,20). The van der Waals surface area contributed by atoms with Crippen molar-refractivity contribution in [3.8, 4) is 11.8 Å². The van der Waals surface area contributed by atoms with Gasteiger partial charge < -0.3 is 10.4 Å². The lowest BCUT2D eigenvalue weighted by Crippen LogP contribution is -2.09. The number of nitrogens with one attached hydrogen (secondary N) is 1. The van der Waals surface area contributed by atoms with E-state index in [0.717, 1.165) is 11.1 Å². The van der Waals surface area contributed by atoms with Crippen molar-refractivity contribution in [2.45, 2.75) is 20.3 Å². The third kappa shape index (κ3) is 2.43. The van der Waals surface area contributed by atoms with Crippen molar-refractivity contribution in [3.63, 3.8) is 0 Å². The summed E-state index contributed by atoms with van der Waals surface area (Å²) in [5.74, 6) is 4.74. The second kappa shape index (κ2) is 5.61. The SMILES string of the molecule is CC#CCCNc1c(C(=O)O)cnc2c1c(C)nn2C. The van der Waals surface area contributed by atoms with E-state index in [4.69, 9.17) is 0 Å². The van der Waals surface area contributed by atoms with Crippen LogP contribution in [0.3, 0.4) is 0 Å². The van der Waals surface area contributed by atoms with E-state index in [-0.39, 0.29) is 5.56 Å². The van der Waals surface area contributed by atoms with Crippen LogP contribution in [0, 0.1) is 18.8 Å². The molecule has 2 heterocycles. The maximum atomic E-state index is 11.3. The van der Waals surface area contributed by atoms with Gasteiger partial charge in [-0.2, -0.15) is 5.10 Å². The molecule has 6 nitrogen and oxygen atoms in total. The molecule has 0 aliphatic rings. The highest BCUT2D eigenvalue weighted by Gasteiger charge is 2.18.